The lowest BCUT2D eigenvalue weighted by atomic mass is 9.90. The minimum Gasteiger partial charge on any atom is -0.356 e. The van der Waals surface area contributed by atoms with Crippen LogP contribution in [0.15, 0.2) is 102 Å². The number of aliphatic imine (C=N–C) groups is 1. The lowest BCUT2D eigenvalue weighted by Crippen LogP contribution is -2.13. The van der Waals surface area contributed by atoms with Gasteiger partial charge in [-0.25, -0.2) is 0 Å². The zero-order valence-electron chi connectivity index (χ0n) is 15.9. The van der Waals surface area contributed by atoms with E-state index in [1.54, 1.807) is 0 Å². The summed E-state index contributed by atoms with van der Waals surface area (Å²) in [6.45, 7) is 0. The normalized spacial score (nSPS) is 14.3. The van der Waals surface area contributed by atoms with Gasteiger partial charge in [0.15, 0.2) is 0 Å². The number of aromatic nitrogens is 3. The van der Waals surface area contributed by atoms with E-state index in [9.17, 15) is 0 Å². The van der Waals surface area contributed by atoms with Gasteiger partial charge in [0, 0.05) is 30.2 Å². The molecule has 1 N–H and O–H groups in total. The highest BCUT2D eigenvalue weighted by molar-refractivity contribution is 6.01. The molecule has 0 radical (unpaired) electrons. The van der Waals surface area contributed by atoms with Crippen molar-refractivity contribution in [3.63, 3.8) is 0 Å². The number of benzene rings is 1. The summed E-state index contributed by atoms with van der Waals surface area (Å²) in [6, 6.07) is 26.6. The topological polar surface area (TPSA) is 53.9 Å². The molecule has 0 bridgehead atoms. The van der Waals surface area contributed by atoms with Gasteiger partial charge in [0.05, 0.1) is 28.7 Å². The number of hydrogen-bond acceptors (Lipinski definition) is 3. The third kappa shape index (κ3) is 3.52. The molecule has 0 fully saturated rings. The minimum absolute atomic E-state index is 0.0612. The van der Waals surface area contributed by atoms with Gasteiger partial charge in [-0.3, -0.25) is 15.0 Å². The van der Waals surface area contributed by atoms with Crippen molar-refractivity contribution in [1.82, 2.24) is 15.0 Å². The van der Waals surface area contributed by atoms with Gasteiger partial charge in [0.1, 0.15) is 0 Å². The molecule has 1 aromatic carbocycles. The number of nitrogens with one attached hydrogen (secondary N) is 1. The van der Waals surface area contributed by atoms with Crippen molar-refractivity contribution >= 4 is 11.4 Å². The van der Waals surface area contributed by atoms with Crippen molar-refractivity contribution in [1.29, 1.82) is 0 Å². The second-order valence-electron chi connectivity index (χ2n) is 7.00. The van der Waals surface area contributed by atoms with Crippen LogP contribution in [0.25, 0.3) is 17.1 Å². The summed E-state index contributed by atoms with van der Waals surface area (Å²) < 4.78 is 0. The van der Waals surface area contributed by atoms with Gasteiger partial charge in [0.2, 0.25) is 0 Å². The van der Waals surface area contributed by atoms with Crippen molar-refractivity contribution in [2.75, 3.05) is 0 Å². The number of H-pyrrole nitrogens is 1. The Balaban J connectivity index is 1.53. The summed E-state index contributed by atoms with van der Waals surface area (Å²) in [5, 5.41) is 0. The second-order valence-corrected chi connectivity index (χ2v) is 7.00. The number of nitrogens with zero attached hydrogens (tertiary/aromatic N) is 3. The van der Waals surface area contributed by atoms with Crippen LogP contribution in [0, 0.1) is 0 Å². The second kappa shape index (κ2) is 7.68. The van der Waals surface area contributed by atoms with Crippen LogP contribution in [0.4, 0.5) is 0 Å². The maximum Gasteiger partial charge on any atom is 0.0882 e. The average molecular weight is 376 g/mol. The van der Waals surface area contributed by atoms with Crippen molar-refractivity contribution in [2.24, 2.45) is 4.99 Å². The summed E-state index contributed by atoms with van der Waals surface area (Å²) in [6.07, 6.45) is 6.59. The Bertz CT molecular complexity index is 1160. The molecular weight excluding hydrogens is 356 g/mol. The molecular formula is C25H20N4. The lowest BCUT2D eigenvalue weighted by Gasteiger charge is -2.17. The Kier molecular flexibility index (Phi) is 4.59. The van der Waals surface area contributed by atoms with Gasteiger partial charge in [-0.2, -0.15) is 0 Å². The van der Waals surface area contributed by atoms with Crippen LogP contribution >= 0.6 is 0 Å². The Morgan fingerprint density at radius 1 is 0.724 bits per heavy atom. The molecule has 5 rings (SSSR count). The highest BCUT2D eigenvalue weighted by atomic mass is 14.9. The zero-order chi connectivity index (χ0) is 19.5. The number of pyridine rings is 2. The minimum atomic E-state index is 0.0612. The fraction of sp³-hybridized carbons (Fsp3) is 0.0800. The number of allylic oxidation sites excluding steroid dienone is 1. The SMILES string of the molecule is C1=C(c2ccccn2)N=C(C(c2ccccc2)c2ccc(-c3ccccn3)[nH]2)C1. The largest absolute Gasteiger partial charge is 0.356 e. The van der Waals surface area contributed by atoms with E-state index in [0.717, 1.165) is 40.6 Å². The molecule has 1 aliphatic heterocycles. The van der Waals surface area contributed by atoms with Gasteiger partial charge in [-0.15, -0.1) is 0 Å². The van der Waals surface area contributed by atoms with E-state index in [1.165, 1.54) is 5.56 Å². The molecule has 3 aromatic heterocycles. The Hall–Kier alpha value is -3.79. The molecule has 1 unspecified atom stereocenters. The first kappa shape index (κ1) is 17.3. The van der Waals surface area contributed by atoms with Crippen LogP contribution in [-0.2, 0) is 0 Å². The van der Waals surface area contributed by atoms with Gasteiger partial charge >= 0.3 is 0 Å². The molecule has 0 aliphatic carbocycles. The van der Waals surface area contributed by atoms with Crippen molar-refractivity contribution in [2.45, 2.75) is 12.3 Å². The lowest BCUT2D eigenvalue weighted by molar-refractivity contribution is 1.00. The molecule has 1 aliphatic rings. The van der Waals surface area contributed by atoms with Crippen LogP contribution in [0.3, 0.4) is 0 Å². The van der Waals surface area contributed by atoms with Gasteiger partial charge in [0.25, 0.3) is 0 Å². The summed E-state index contributed by atoms with van der Waals surface area (Å²) >= 11 is 0. The van der Waals surface area contributed by atoms with Crippen LogP contribution in [0.5, 0.6) is 0 Å². The van der Waals surface area contributed by atoms with E-state index in [-0.39, 0.29) is 5.92 Å². The Morgan fingerprint density at radius 3 is 2.17 bits per heavy atom. The van der Waals surface area contributed by atoms with Crippen LogP contribution < -0.4 is 0 Å². The first-order valence-electron chi connectivity index (χ1n) is 9.73. The molecule has 0 amide bonds. The monoisotopic (exact) mass is 376 g/mol. The van der Waals surface area contributed by atoms with Crippen LogP contribution in [0.2, 0.25) is 0 Å². The molecule has 29 heavy (non-hydrogen) atoms. The predicted molar refractivity (Wildman–Crippen MR) is 117 cm³/mol. The summed E-state index contributed by atoms with van der Waals surface area (Å²) in [7, 11) is 0. The zero-order valence-corrected chi connectivity index (χ0v) is 15.9. The summed E-state index contributed by atoms with van der Waals surface area (Å²) in [4.78, 5) is 17.5. The van der Waals surface area contributed by atoms with E-state index >= 15 is 0 Å². The fourth-order valence-electron chi connectivity index (χ4n) is 3.75. The smallest absolute Gasteiger partial charge is 0.0882 e. The molecule has 4 heteroatoms. The molecule has 140 valence electrons. The number of aromatic amines is 1. The van der Waals surface area contributed by atoms with E-state index in [0.29, 0.717) is 0 Å². The maximum atomic E-state index is 4.97. The van der Waals surface area contributed by atoms with Crippen LogP contribution in [-0.4, -0.2) is 20.7 Å². The maximum absolute atomic E-state index is 4.97. The number of hydrogen-bond donors (Lipinski definition) is 1. The molecule has 4 heterocycles. The van der Waals surface area contributed by atoms with E-state index in [2.05, 4.69) is 57.4 Å². The first-order chi connectivity index (χ1) is 14.4. The highest BCUT2D eigenvalue weighted by Gasteiger charge is 2.25. The Morgan fingerprint density at radius 2 is 1.45 bits per heavy atom. The molecule has 1 atom stereocenters. The van der Waals surface area contributed by atoms with E-state index < -0.39 is 0 Å². The van der Waals surface area contributed by atoms with Crippen molar-refractivity contribution in [3.05, 3.63) is 114 Å². The Labute approximate surface area is 169 Å². The average Bonchev–Trinajstić information content (AvgIpc) is 3.47. The standard InChI is InChI=1S/C25H20N4/c1-2-8-18(9-3-1)25(23-14-12-21(28-23)19-10-4-6-16-26-19)24-15-13-22(29-24)20-11-5-7-17-27-20/h1-14,16-17,25,28H,15H2. The third-order valence-electron chi connectivity index (χ3n) is 5.12. The fourth-order valence-corrected chi connectivity index (χ4v) is 3.75. The van der Waals surface area contributed by atoms with E-state index in [4.69, 9.17) is 4.99 Å². The molecule has 4 nitrogen and oxygen atoms in total. The third-order valence-corrected chi connectivity index (χ3v) is 5.12. The molecule has 0 saturated carbocycles. The molecule has 0 spiro atoms. The highest BCUT2D eigenvalue weighted by Crippen LogP contribution is 2.33. The molecule has 4 aromatic rings. The van der Waals surface area contributed by atoms with Gasteiger partial charge in [-0.1, -0.05) is 48.5 Å². The van der Waals surface area contributed by atoms with Gasteiger partial charge < -0.3 is 4.98 Å². The summed E-state index contributed by atoms with van der Waals surface area (Å²) in [5.74, 6) is 0.0612. The number of rotatable bonds is 5. The van der Waals surface area contributed by atoms with Crippen LogP contribution in [0.1, 0.15) is 29.3 Å². The van der Waals surface area contributed by atoms with Gasteiger partial charge in [-0.05, 0) is 42.0 Å². The van der Waals surface area contributed by atoms with Crippen molar-refractivity contribution in [3.8, 4) is 11.4 Å². The first-order valence-corrected chi connectivity index (χ1v) is 9.73. The predicted octanol–water partition coefficient (Wildman–Crippen LogP) is 5.49. The quantitative estimate of drug-likeness (QED) is 0.501. The molecule has 0 saturated heterocycles. The van der Waals surface area contributed by atoms with Crippen molar-refractivity contribution < 1.29 is 0 Å². The summed E-state index contributed by atoms with van der Waals surface area (Å²) in [5.41, 5.74) is 7.26. The van der Waals surface area contributed by atoms with E-state index in [1.807, 2.05) is 54.9 Å².